The monoisotopic (exact) mass is 401 g/mol. The minimum atomic E-state index is -3.33. The lowest BCUT2D eigenvalue weighted by Gasteiger charge is -2.13. The van der Waals surface area contributed by atoms with Crippen molar-refractivity contribution >= 4 is 33.6 Å². The van der Waals surface area contributed by atoms with Crippen molar-refractivity contribution in [3.8, 4) is 0 Å². The second-order valence-electron chi connectivity index (χ2n) is 6.26. The van der Waals surface area contributed by atoms with Crippen molar-refractivity contribution in [3.63, 3.8) is 0 Å². The van der Waals surface area contributed by atoms with Crippen LogP contribution in [0.4, 0.5) is 5.69 Å². The van der Waals surface area contributed by atoms with Crippen LogP contribution in [0.25, 0.3) is 6.08 Å². The molecule has 2 amide bonds. The molecule has 2 aromatic carbocycles. The Hall–Kier alpha value is -3.13. The highest BCUT2D eigenvalue weighted by atomic mass is 32.2. The zero-order valence-corrected chi connectivity index (χ0v) is 16.5. The molecule has 28 heavy (non-hydrogen) atoms. The number of sulfonamides is 1. The van der Waals surface area contributed by atoms with Crippen molar-refractivity contribution in [1.29, 1.82) is 0 Å². The van der Waals surface area contributed by atoms with E-state index >= 15 is 0 Å². The molecule has 0 saturated heterocycles. The van der Waals surface area contributed by atoms with Crippen molar-refractivity contribution in [2.45, 2.75) is 19.5 Å². The number of hydrogen-bond donors (Lipinski definition) is 3. The summed E-state index contributed by atoms with van der Waals surface area (Å²) in [6, 6.07) is 15.4. The molecule has 0 saturated carbocycles. The fourth-order valence-corrected chi connectivity index (χ4v) is 2.88. The van der Waals surface area contributed by atoms with Crippen LogP contribution in [0.2, 0.25) is 0 Å². The Morgan fingerprint density at radius 2 is 1.68 bits per heavy atom. The smallest absolute Gasteiger partial charge is 0.244 e. The van der Waals surface area contributed by atoms with Gasteiger partial charge in [0.2, 0.25) is 21.8 Å². The lowest BCUT2D eigenvalue weighted by atomic mass is 10.2. The number of carbonyl (C=O) groups excluding carboxylic acids is 2. The Bertz CT molecular complexity index is 939. The van der Waals surface area contributed by atoms with Gasteiger partial charge in [0.15, 0.2) is 0 Å². The summed E-state index contributed by atoms with van der Waals surface area (Å²) in [5.74, 6) is -0.678. The minimum Gasteiger partial charge on any atom is -0.350 e. The van der Waals surface area contributed by atoms with E-state index in [-0.39, 0.29) is 5.91 Å². The van der Waals surface area contributed by atoms with Gasteiger partial charge in [0.25, 0.3) is 0 Å². The molecule has 0 aliphatic heterocycles. The third kappa shape index (κ3) is 7.63. The van der Waals surface area contributed by atoms with Crippen LogP contribution in [-0.4, -0.2) is 32.5 Å². The molecule has 2 rings (SSSR count). The molecular formula is C20H23N3O4S. The molecule has 7 nitrogen and oxygen atoms in total. The van der Waals surface area contributed by atoms with E-state index in [0.29, 0.717) is 12.2 Å². The summed E-state index contributed by atoms with van der Waals surface area (Å²) < 4.78 is 24.7. The largest absolute Gasteiger partial charge is 0.350 e. The van der Waals surface area contributed by atoms with Crippen LogP contribution < -0.4 is 15.4 Å². The van der Waals surface area contributed by atoms with Crippen LogP contribution in [0.1, 0.15) is 18.1 Å². The summed E-state index contributed by atoms with van der Waals surface area (Å²) >= 11 is 0. The van der Waals surface area contributed by atoms with E-state index in [4.69, 9.17) is 0 Å². The number of nitrogens with one attached hydrogen (secondary N) is 3. The zero-order chi connectivity index (χ0) is 20.6. The van der Waals surface area contributed by atoms with Gasteiger partial charge in [0.05, 0.1) is 6.26 Å². The number of hydrogen-bond acceptors (Lipinski definition) is 4. The average Bonchev–Trinajstić information content (AvgIpc) is 2.65. The predicted octanol–water partition coefficient (Wildman–Crippen LogP) is 1.89. The van der Waals surface area contributed by atoms with Gasteiger partial charge in [0, 0.05) is 18.3 Å². The van der Waals surface area contributed by atoms with Gasteiger partial charge in [-0.1, -0.05) is 42.5 Å². The molecule has 0 spiro atoms. The molecule has 0 radical (unpaired) electrons. The summed E-state index contributed by atoms with van der Waals surface area (Å²) in [4.78, 5) is 24.1. The van der Waals surface area contributed by atoms with E-state index in [1.807, 2.05) is 30.3 Å². The van der Waals surface area contributed by atoms with Crippen molar-refractivity contribution in [3.05, 3.63) is 71.8 Å². The maximum atomic E-state index is 12.1. The Kier molecular flexibility index (Phi) is 7.34. The summed E-state index contributed by atoms with van der Waals surface area (Å²) in [5.41, 5.74) is 2.13. The Morgan fingerprint density at radius 3 is 2.29 bits per heavy atom. The van der Waals surface area contributed by atoms with E-state index in [1.165, 1.54) is 6.08 Å². The number of anilines is 1. The van der Waals surface area contributed by atoms with Gasteiger partial charge in [-0.15, -0.1) is 0 Å². The summed E-state index contributed by atoms with van der Waals surface area (Å²) in [6.07, 6.45) is 3.97. The quantitative estimate of drug-likeness (QED) is 0.588. The average molecular weight is 401 g/mol. The second kappa shape index (κ2) is 9.70. The van der Waals surface area contributed by atoms with Crippen LogP contribution in [0.3, 0.4) is 0 Å². The highest BCUT2D eigenvalue weighted by Crippen LogP contribution is 2.11. The van der Waals surface area contributed by atoms with Crippen LogP contribution in [0.5, 0.6) is 0 Å². The van der Waals surface area contributed by atoms with Crippen LogP contribution >= 0.6 is 0 Å². The van der Waals surface area contributed by atoms with Gasteiger partial charge in [-0.05, 0) is 36.3 Å². The summed E-state index contributed by atoms with van der Waals surface area (Å²) in [6.45, 7) is 2.00. The van der Waals surface area contributed by atoms with Gasteiger partial charge in [-0.3, -0.25) is 14.3 Å². The van der Waals surface area contributed by atoms with E-state index in [0.717, 1.165) is 17.4 Å². The third-order valence-electron chi connectivity index (χ3n) is 3.70. The zero-order valence-electron chi connectivity index (χ0n) is 15.7. The normalized spacial score (nSPS) is 12.4. The molecule has 0 bridgehead atoms. The van der Waals surface area contributed by atoms with Gasteiger partial charge in [0.1, 0.15) is 6.04 Å². The Morgan fingerprint density at radius 1 is 1.04 bits per heavy atom. The summed E-state index contributed by atoms with van der Waals surface area (Å²) in [7, 11) is -3.33. The molecule has 2 aromatic rings. The van der Waals surface area contributed by atoms with E-state index in [1.54, 1.807) is 37.3 Å². The van der Waals surface area contributed by atoms with Crippen LogP contribution in [0, 0.1) is 0 Å². The first kappa shape index (κ1) is 21.2. The van der Waals surface area contributed by atoms with E-state index in [9.17, 15) is 18.0 Å². The SMILES string of the molecule is CC(NC(=O)/C=C/c1ccc(NS(C)(=O)=O)cc1)C(=O)NCc1ccccc1. The van der Waals surface area contributed by atoms with Crippen molar-refractivity contribution in [1.82, 2.24) is 10.6 Å². The van der Waals surface area contributed by atoms with Gasteiger partial charge in [-0.2, -0.15) is 0 Å². The lowest BCUT2D eigenvalue weighted by molar-refractivity contribution is -0.126. The molecule has 0 aromatic heterocycles. The third-order valence-corrected chi connectivity index (χ3v) is 4.31. The number of carbonyl (C=O) groups is 2. The number of benzene rings is 2. The fourth-order valence-electron chi connectivity index (χ4n) is 2.31. The highest BCUT2D eigenvalue weighted by molar-refractivity contribution is 7.92. The van der Waals surface area contributed by atoms with Gasteiger partial charge in [-0.25, -0.2) is 8.42 Å². The Balaban J connectivity index is 1.82. The van der Waals surface area contributed by atoms with Gasteiger partial charge >= 0.3 is 0 Å². The molecular weight excluding hydrogens is 378 g/mol. The van der Waals surface area contributed by atoms with Crippen molar-refractivity contribution in [2.75, 3.05) is 11.0 Å². The molecule has 8 heteroatoms. The molecule has 148 valence electrons. The van der Waals surface area contributed by atoms with Crippen LogP contribution in [0.15, 0.2) is 60.7 Å². The number of rotatable bonds is 8. The van der Waals surface area contributed by atoms with E-state index < -0.39 is 22.0 Å². The lowest BCUT2D eigenvalue weighted by Crippen LogP contribution is -2.44. The molecule has 0 heterocycles. The second-order valence-corrected chi connectivity index (χ2v) is 8.01. The maximum Gasteiger partial charge on any atom is 0.244 e. The van der Waals surface area contributed by atoms with Crippen molar-refractivity contribution in [2.24, 2.45) is 0 Å². The maximum absolute atomic E-state index is 12.1. The first-order chi connectivity index (χ1) is 13.2. The van der Waals surface area contributed by atoms with Gasteiger partial charge < -0.3 is 10.6 Å². The first-order valence-corrected chi connectivity index (χ1v) is 10.5. The standard InChI is InChI=1S/C20H23N3O4S/c1-15(20(25)21-14-17-6-4-3-5-7-17)22-19(24)13-10-16-8-11-18(12-9-16)23-28(2,26)27/h3-13,15,23H,14H2,1-2H3,(H,21,25)(H,22,24)/b13-10+. The topological polar surface area (TPSA) is 104 Å². The van der Waals surface area contributed by atoms with Crippen molar-refractivity contribution < 1.29 is 18.0 Å². The number of amides is 2. The van der Waals surface area contributed by atoms with E-state index in [2.05, 4.69) is 15.4 Å². The molecule has 3 N–H and O–H groups in total. The Labute approximate surface area is 164 Å². The molecule has 0 fully saturated rings. The predicted molar refractivity (Wildman–Crippen MR) is 110 cm³/mol. The first-order valence-electron chi connectivity index (χ1n) is 8.61. The molecule has 0 aliphatic rings. The molecule has 0 aliphatic carbocycles. The molecule has 1 unspecified atom stereocenters. The summed E-state index contributed by atoms with van der Waals surface area (Å²) in [5, 5.41) is 5.37. The molecule has 1 atom stereocenters. The highest BCUT2D eigenvalue weighted by Gasteiger charge is 2.13. The fraction of sp³-hybridized carbons (Fsp3) is 0.200. The minimum absolute atomic E-state index is 0.276. The van der Waals surface area contributed by atoms with Crippen LogP contribution in [-0.2, 0) is 26.2 Å².